The summed E-state index contributed by atoms with van der Waals surface area (Å²) in [7, 11) is -2.37. The van der Waals surface area contributed by atoms with Crippen LogP contribution in [0.25, 0.3) is 11.1 Å². The minimum absolute atomic E-state index is 0.0320. The molecule has 0 saturated carbocycles. The van der Waals surface area contributed by atoms with Crippen molar-refractivity contribution in [3.63, 3.8) is 0 Å². The molecule has 3 aromatic carbocycles. The van der Waals surface area contributed by atoms with Crippen LogP contribution in [0.1, 0.15) is 98.8 Å². The zero-order chi connectivity index (χ0) is 40.9. The minimum atomic E-state index is -4.40. The third-order valence-electron chi connectivity index (χ3n) is 12.7. The van der Waals surface area contributed by atoms with E-state index in [4.69, 9.17) is 9.83 Å². The van der Waals surface area contributed by atoms with Gasteiger partial charge in [-0.25, -0.2) is 4.79 Å². The molecule has 9 rings (SSSR count). The summed E-state index contributed by atoms with van der Waals surface area (Å²) in [6.07, 6.45) is 12.9. The first-order valence-electron chi connectivity index (χ1n) is 19.7. The van der Waals surface area contributed by atoms with Gasteiger partial charge >= 0.3 is 16.3 Å². The van der Waals surface area contributed by atoms with E-state index in [2.05, 4.69) is 85.9 Å². The molecule has 3 aliphatic carbocycles. The minimum Gasteiger partial charge on any atom is -0.347 e. The Balaban J connectivity index is 1.03. The molecule has 1 atom stereocenters. The molecule has 12 heteroatoms. The SMILES string of the molecule is CN1/C(=C/C=C2\CCC3CCC(/C=C/C4=Nc5ccc(C(=O)ON6C(=O)CCC6=O)cc5C4(C)C)=C4C3=C2c2ccccc24)C(C)(C)c2cc(NS(=O)(=O)O)ccc21. The second-order valence-corrected chi connectivity index (χ2v) is 18.0. The van der Waals surface area contributed by atoms with Crippen molar-refractivity contribution in [2.75, 3.05) is 16.7 Å². The van der Waals surface area contributed by atoms with Crippen molar-refractivity contribution in [3.05, 3.63) is 135 Å². The molecule has 2 N–H and O–H groups in total. The number of carbonyl (C=O) groups excluding carboxylic acids is 3. The Morgan fingerprint density at radius 2 is 1.57 bits per heavy atom. The standard InChI is InChI=1S/C46H44N4O7S/c1-45(2)33-24-29(44(53)57-50-39(51)22-23-40(50)52)14-18-35(33)47-37(45)20-15-26-10-12-28-13-11-27(42-32-9-7-6-8-31(32)41(26)43(28)42)16-21-38-46(3,4)34-25-30(48-58(54,55)56)17-19-36(34)49(38)5/h6-9,14-21,24-25,28,48H,10-13,22-23H2,1-5H3,(H,54,55,56)/b20-15+,27-16+,38-21+. The van der Waals surface area contributed by atoms with Gasteiger partial charge in [-0.15, -0.1) is 5.06 Å². The van der Waals surface area contributed by atoms with Crippen LogP contribution in [0.3, 0.4) is 0 Å². The van der Waals surface area contributed by atoms with Gasteiger partial charge in [-0.1, -0.05) is 64.1 Å². The lowest BCUT2D eigenvalue weighted by atomic mass is 9.72. The normalized spacial score (nSPS) is 22.9. The maximum absolute atomic E-state index is 13.0. The van der Waals surface area contributed by atoms with Crippen molar-refractivity contribution < 1.29 is 32.2 Å². The number of amides is 2. The van der Waals surface area contributed by atoms with Gasteiger partial charge in [-0.05, 0) is 130 Å². The highest BCUT2D eigenvalue weighted by molar-refractivity contribution is 7.87. The fraction of sp³-hybridized carbons (Fsp3) is 0.304. The van der Waals surface area contributed by atoms with Crippen LogP contribution in [0.15, 0.2) is 112 Å². The van der Waals surface area contributed by atoms with Crippen molar-refractivity contribution >= 4 is 62.0 Å². The number of anilines is 2. The number of hydroxylamine groups is 2. The van der Waals surface area contributed by atoms with Crippen molar-refractivity contribution in [2.45, 2.75) is 77.0 Å². The molecule has 3 aromatic rings. The molecule has 6 aliphatic rings. The summed E-state index contributed by atoms with van der Waals surface area (Å²) in [6, 6.07) is 19.2. The average molecular weight is 797 g/mol. The molecule has 58 heavy (non-hydrogen) atoms. The number of benzene rings is 3. The number of hydrogen-bond donors (Lipinski definition) is 2. The quantitative estimate of drug-likeness (QED) is 0.179. The number of carbonyl (C=O) groups is 3. The second-order valence-electron chi connectivity index (χ2n) is 16.9. The van der Waals surface area contributed by atoms with Crippen LogP contribution in [0, 0.1) is 5.92 Å². The third kappa shape index (κ3) is 6.08. The van der Waals surface area contributed by atoms with Crippen molar-refractivity contribution in [2.24, 2.45) is 10.9 Å². The van der Waals surface area contributed by atoms with E-state index in [-0.39, 0.29) is 18.4 Å². The molecule has 1 unspecified atom stereocenters. The summed E-state index contributed by atoms with van der Waals surface area (Å²) >= 11 is 0. The van der Waals surface area contributed by atoms with E-state index in [1.165, 1.54) is 39.0 Å². The topological polar surface area (TPSA) is 146 Å². The van der Waals surface area contributed by atoms with E-state index in [1.54, 1.807) is 30.3 Å². The molecule has 0 spiro atoms. The van der Waals surface area contributed by atoms with E-state index in [9.17, 15) is 27.4 Å². The van der Waals surface area contributed by atoms with E-state index in [0.29, 0.717) is 16.7 Å². The molecule has 296 valence electrons. The Bertz CT molecular complexity index is 2680. The number of likely N-dealkylation sites (N-methyl/N-ethyl adjacent to an activating group) is 1. The maximum atomic E-state index is 13.0. The molecular weight excluding hydrogens is 753 g/mol. The largest absolute Gasteiger partial charge is 0.363 e. The van der Waals surface area contributed by atoms with Crippen LogP contribution in [-0.2, 0) is 35.6 Å². The number of rotatable bonds is 7. The molecule has 0 bridgehead atoms. The van der Waals surface area contributed by atoms with Crippen molar-refractivity contribution in [1.82, 2.24) is 5.06 Å². The summed E-state index contributed by atoms with van der Waals surface area (Å²) in [6.45, 7) is 8.41. The monoisotopic (exact) mass is 796 g/mol. The summed E-state index contributed by atoms with van der Waals surface area (Å²) < 4.78 is 34.7. The number of nitrogens with zero attached hydrogens (tertiary/aromatic N) is 3. The highest BCUT2D eigenvalue weighted by Gasteiger charge is 2.42. The summed E-state index contributed by atoms with van der Waals surface area (Å²) in [5, 5.41) is 0.570. The summed E-state index contributed by atoms with van der Waals surface area (Å²) in [5.41, 5.74) is 14.3. The Hall–Kier alpha value is -5.85. The van der Waals surface area contributed by atoms with Gasteiger partial charge in [0.2, 0.25) is 0 Å². The molecule has 11 nitrogen and oxygen atoms in total. The van der Waals surface area contributed by atoms with E-state index >= 15 is 0 Å². The number of nitrogens with one attached hydrogen (secondary N) is 1. The van der Waals surface area contributed by atoms with Crippen LogP contribution < -0.4 is 9.62 Å². The van der Waals surface area contributed by atoms with Crippen LogP contribution in [0.5, 0.6) is 0 Å². The molecule has 2 amide bonds. The lowest BCUT2D eigenvalue weighted by Crippen LogP contribution is -2.32. The smallest absolute Gasteiger partial charge is 0.347 e. The first kappa shape index (κ1) is 37.7. The second kappa shape index (κ2) is 13.4. The highest BCUT2D eigenvalue weighted by Crippen LogP contribution is 2.57. The van der Waals surface area contributed by atoms with Crippen molar-refractivity contribution in [3.8, 4) is 0 Å². The van der Waals surface area contributed by atoms with Crippen LogP contribution in [-0.4, -0.2) is 48.6 Å². The van der Waals surface area contributed by atoms with Gasteiger partial charge in [0.05, 0.1) is 22.6 Å². The Kier molecular flexibility index (Phi) is 8.68. The summed E-state index contributed by atoms with van der Waals surface area (Å²) in [5.74, 6) is -1.34. The Labute approximate surface area is 338 Å². The molecule has 0 aromatic heterocycles. The number of fused-ring (bicyclic) bond motifs is 5. The van der Waals surface area contributed by atoms with Crippen LogP contribution in [0.2, 0.25) is 0 Å². The molecule has 3 aliphatic heterocycles. The highest BCUT2D eigenvalue weighted by atomic mass is 32.2. The average Bonchev–Trinajstić information content (AvgIpc) is 3.83. The fourth-order valence-electron chi connectivity index (χ4n) is 9.73. The maximum Gasteiger partial charge on any atom is 0.363 e. The van der Waals surface area contributed by atoms with Gasteiger partial charge in [-0.3, -0.25) is 23.9 Å². The molecule has 3 heterocycles. The predicted octanol–water partition coefficient (Wildman–Crippen LogP) is 8.70. The van der Waals surface area contributed by atoms with Gasteiger partial charge in [0, 0.05) is 42.1 Å². The van der Waals surface area contributed by atoms with E-state index in [0.717, 1.165) is 59.6 Å². The first-order chi connectivity index (χ1) is 27.5. The van der Waals surface area contributed by atoms with Gasteiger partial charge in [0.25, 0.3) is 11.8 Å². The van der Waals surface area contributed by atoms with Gasteiger partial charge < -0.3 is 9.74 Å². The number of hydrogen-bond acceptors (Lipinski definition) is 8. The number of imide groups is 1. The third-order valence-corrected chi connectivity index (χ3v) is 13.2. The van der Waals surface area contributed by atoms with E-state index < -0.39 is 38.9 Å². The van der Waals surface area contributed by atoms with E-state index in [1.807, 2.05) is 13.1 Å². The fourth-order valence-corrected chi connectivity index (χ4v) is 10.2. The predicted molar refractivity (Wildman–Crippen MR) is 224 cm³/mol. The Morgan fingerprint density at radius 3 is 2.29 bits per heavy atom. The van der Waals surface area contributed by atoms with Crippen molar-refractivity contribution in [1.29, 1.82) is 0 Å². The molecular formula is C46H44N4O7S. The van der Waals surface area contributed by atoms with Gasteiger partial charge in [-0.2, -0.15) is 8.42 Å². The zero-order valence-corrected chi connectivity index (χ0v) is 33.9. The first-order valence-corrected chi connectivity index (χ1v) is 21.1. The lowest BCUT2D eigenvalue weighted by Gasteiger charge is -2.32. The zero-order valence-electron chi connectivity index (χ0n) is 33.0. The number of aliphatic imine (C=N–C) groups is 1. The molecule has 1 fully saturated rings. The van der Waals surface area contributed by atoms with Crippen LogP contribution in [0.4, 0.5) is 17.1 Å². The van der Waals surface area contributed by atoms with Gasteiger partial charge in [0.1, 0.15) is 0 Å². The lowest BCUT2D eigenvalue weighted by molar-refractivity contribution is -0.172. The summed E-state index contributed by atoms with van der Waals surface area (Å²) in [4.78, 5) is 49.5. The van der Waals surface area contributed by atoms with Gasteiger partial charge in [0.15, 0.2) is 0 Å². The molecule has 0 radical (unpaired) electrons. The Morgan fingerprint density at radius 1 is 0.862 bits per heavy atom. The number of allylic oxidation sites excluding steroid dienone is 10. The molecule has 1 saturated heterocycles. The van der Waals surface area contributed by atoms with Crippen LogP contribution >= 0.6 is 0 Å².